The van der Waals surface area contributed by atoms with Crippen molar-refractivity contribution in [2.45, 2.75) is 51.5 Å². The Labute approximate surface area is 92.0 Å². The lowest BCUT2D eigenvalue weighted by Gasteiger charge is -2.32. The Morgan fingerprint density at radius 3 is 2.33 bits per heavy atom. The quantitative estimate of drug-likeness (QED) is 0.593. The van der Waals surface area contributed by atoms with Gasteiger partial charge in [0.2, 0.25) is 0 Å². The lowest BCUT2D eigenvalue weighted by Crippen LogP contribution is -2.45. The van der Waals surface area contributed by atoms with Gasteiger partial charge in [-0.15, -0.1) is 0 Å². The van der Waals surface area contributed by atoms with E-state index in [1.54, 1.807) is 0 Å². The molecule has 15 heavy (non-hydrogen) atoms. The number of hydrogen-bond donors (Lipinski definition) is 2. The summed E-state index contributed by atoms with van der Waals surface area (Å²) in [5.41, 5.74) is 0. The molecular formula is C11H23NO3. The number of aliphatic hydroxyl groups is 1. The molecule has 0 spiro atoms. The summed E-state index contributed by atoms with van der Waals surface area (Å²) >= 11 is 0. The zero-order valence-corrected chi connectivity index (χ0v) is 9.74. The number of aliphatic hydroxyl groups excluding tert-OH is 1. The van der Waals surface area contributed by atoms with E-state index in [9.17, 15) is 0 Å². The predicted molar refractivity (Wildman–Crippen MR) is 58.7 cm³/mol. The topological polar surface area (TPSA) is 50.7 Å². The molecule has 4 heteroatoms. The van der Waals surface area contributed by atoms with Crippen LogP contribution in [0, 0.1) is 0 Å². The predicted octanol–water partition coefficient (Wildman–Crippen LogP) is 0.888. The van der Waals surface area contributed by atoms with Crippen LogP contribution in [0.1, 0.15) is 33.1 Å². The fourth-order valence-electron chi connectivity index (χ4n) is 1.75. The summed E-state index contributed by atoms with van der Waals surface area (Å²) in [6.07, 6.45) is 2.46. The van der Waals surface area contributed by atoms with Crippen LogP contribution in [0.2, 0.25) is 0 Å². The summed E-state index contributed by atoms with van der Waals surface area (Å²) in [6, 6.07) is 0.490. The molecule has 1 saturated carbocycles. The number of rotatable bonds is 8. The molecule has 0 unspecified atom stereocenters. The summed E-state index contributed by atoms with van der Waals surface area (Å²) in [7, 11) is 0. The molecule has 0 aromatic rings. The van der Waals surface area contributed by atoms with Gasteiger partial charge in [-0.2, -0.15) is 0 Å². The summed E-state index contributed by atoms with van der Waals surface area (Å²) in [4.78, 5) is 0. The number of ether oxygens (including phenoxy) is 2. The van der Waals surface area contributed by atoms with Crippen molar-refractivity contribution >= 4 is 0 Å². The average molecular weight is 217 g/mol. The molecule has 0 aromatic carbocycles. The van der Waals surface area contributed by atoms with Gasteiger partial charge < -0.3 is 19.9 Å². The van der Waals surface area contributed by atoms with E-state index in [2.05, 4.69) is 5.32 Å². The minimum atomic E-state index is -0.0860. The summed E-state index contributed by atoms with van der Waals surface area (Å²) in [6.45, 7) is 6.21. The van der Waals surface area contributed by atoms with E-state index in [1.807, 2.05) is 13.8 Å². The van der Waals surface area contributed by atoms with Crippen molar-refractivity contribution in [1.82, 2.24) is 5.32 Å². The molecule has 0 saturated heterocycles. The van der Waals surface area contributed by atoms with Gasteiger partial charge in [0.15, 0.2) is 6.29 Å². The average Bonchev–Trinajstić information content (AvgIpc) is 2.15. The molecule has 90 valence electrons. The van der Waals surface area contributed by atoms with Crippen LogP contribution in [-0.4, -0.2) is 43.3 Å². The van der Waals surface area contributed by atoms with E-state index in [1.165, 1.54) is 0 Å². The van der Waals surface area contributed by atoms with Gasteiger partial charge in [-0.05, 0) is 26.7 Å². The van der Waals surface area contributed by atoms with Gasteiger partial charge in [0.05, 0.1) is 6.10 Å². The van der Waals surface area contributed by atoms with Crippen LogP contribution in [0.5, 0.6) is 0 Å². The van der Waals surface area contributed by atoms with E-state index in [0.717, 1.165) is 25.8 Å². The molecule has 0 heterocycles. The normalized spacial score (nSPS) is 25.6. The van der Waals surface area contributed by atoms with Crippen LogP contribution in [0.15, 0.2) is 0 Å². The third-order valence-corrected chi connectivity index (χ3v) is 2.63. The molecule has 4 nitrogen and oxygen atoms in total. The molecule has 0 aliphatic heterocycles. The third-order valence-electron chi connectivity index (χ3n) is 2.63. The van der Waals surface area contributed by atoms with Crippen molar-refractivity contribution in [3.63, 3.8) is 0 Å². The molecule has 1 rings (SSSR count). The Morgan fingerprint density at radius 1 is 1.27 bits per heavy atom. The standard InChI is InChI=1S/C11H23NO3/c1-3-14-11(15-4-2)5-6-12-9-7-10(13)8-9/h9-13H,3-8H2,1-2H3. The van der Waals surface area contributed by atoms with Crippen molar-refractivity contribution in [3.05, 3.63) is 0 Å². The van der Waals surface area contributed by atoms with Gasteiger partial charge in [0.25, 0.3) is 0 Å². The number of hydrogen-bond acceptors (Lipinski definition) is 4. The molecular weight excluding hydrogens is 194 g/mol. The molecule has 0 atom stereocenters. The second kappa shape index (κ2) is 7.17. The zero-order chi connectivity index (χ0) is 11.1. The Morgan fingerprint density at radius 2 is 1.87 bits per heavy atom. The first-order valence-corrected chi connectivity index (χ1v) is 5.90. The maximum Gasteiger partial charge on any atom is 0.158 e. The van der Waals surface area contributed by atoms with E-state index >= 15 is 0 Å². The van der Waals surface area contributed by atoms with Gasteiger partial charge in [-0.3, -0.25) is 0 Å². The highest BCUT2D eigenvalue weighted by Crippen LogP contribution is 2.19. The summed E-state index contributed by atoms with van der Waals surface area (Å²) in [5, 5.41) is 12.5. The first-order chi connectivity index (χ1) is 7.26. The Bertz CT molecular complexity index is 154. The van der Waals surface area contributed by atoms with Crippen LogP contribution < -0.4 is 5.32 Å². The number of nitrogens with one attached hydrogen (secondary N) is 1. The highest BCUT2D eigenvalue weighted by molar-refractivity contribution is 4.84. The minimum absolute atomic E-state index is 0.0856. The zero-order valence-electron chi connectivity index (χ0n) is 9.74. The van der Waals surface area contributed by atoms with Gasteiger partial charge in [-0.1, -0.05) is 0 Å². The lowest BCUT2D eigenvalue weighted by atomic mass is 9.89. The van der Waals surface area contributed by atoms with E-state index in [0.29, 0.717) is 19.3 Å². The van der Waals surface area contributed by atoms with Crippen LogP contribution in [0.3, 0.4) is 0 Å². The largest absolute Gasteiger partial charge is 0.393 e. The Kier molecular flexibility index (Phi) is 6.17. The van der Waals surface area contributed by atoms with Crippen molar-refractivity contribution in [2.24, 2.45) is 0 Å². The smallest absolute Gasteiger partial charge is 0.158 e. The monoisotopic (exact) mass is 217 g/mol. The van der Waals surface area contributed by atoms with Gasteiger partial charge in [0.1, 0.15) is 0 Å². The second-order valence-electron chi connectivity index (χ2n) is 3.91. The first-order valence-electron chi connectivity index (χ1n) is 5.90. The molecule has 2 N–H and O–H groups in total. The SMILES string of the molecule is CCOC(CCNC1CC(O)C1)OCC. The van der Waals surface area contributed by atoms with Crippen molar-refractivity contribution in [2.75, 3.05) is 19.8 Å². The fourth-order valence-corrected chi connectivity index (χ4v) is 1.75. The first kappa shape index (κ1) is 12.9. The van der Waals surface area contributed by atoms with Crippen LogP contribution >= 0.6 is 0 Å². The molecule has 1 aliphatic rings. The highest BCUT2D eigenvalue weighted by Gasteiger charge is 2.26. The Hall–Kier alpha value is -0.160. The van der Waals surface area contributed by atoms with E-state index in [-0.39, 0.29) is 12.4 Å². The molecule has 0 aromatic heterocycles. The minimum Gasteiger partial charge on any atom is -0.393 e. The second-order valence-corrected chi connectivity index (χ2v) is 3.91. The lowest BCUT2D eigenvalue weighted by molar-refractivity contribution is -0.139. The van der Waals surface area contributed by atoms with Crippen LogP contribution in [-0.2, 0) is 9.47 Å². The fraction of sp³-hybridized carbons (Fsp3) is 1.00. The molecule has 0 radical (unpaired) electrons. The van der Waals surface area contributed by atoms with Gasteiger partial charge in [-0.25, -0.2) is 0 Å². The molecule has 1 aliphatic carbocycles. The van der Waals surface area contributed by atoms with E-state index < -0.39 is 0 Å². The van der Waals surface area contributed by atoms with Gasteiger partial charge in [0, 0.05) is 32.2 Å². The maximum atomic E-state index is 9.11. The molecule has 0 bridgehead atoms. The van der Waals surface area contributed by atoms with Crippen molar-refractivity contribution in [3.8, 4) is 0 Å². The van der Waals surface area contributed by atoms with Crippen molar-refractivity contribution in [1.29, 1.82) is 0 Å². The molecule has 0 amide bonds. The van der Waals surface area contributed by atoms with Crippen LogP contribution in [0.25, 0.3) is 0 Å². The Balaban J connectivity index is 2.00. The summed E-state index contributed by atoms with van der Waals surface area (Å²) < 4.78 is 10.9. The summed E-state index contributed by atoms with van der Waals surface area (Å²) in [5.74, 6) is 0. The van der Waals surface area contributed by atoms with Crippen molar-refractivity contribution < 1.29 is 14.6 Å². The van der Waals surface area contributed by atoms with Gasteiger partial charge >= 0.3 is 0 Å². The molecule has 1 fully saturated rings. The highest BCUT2D eigenvalue weighted by atomic mass is 16.7. The third kappa shape index (κ3) is 4.93. The van der Waals surface area contributed by atoms with Crippen LogP contribution in [0.4, 0.5) is 0 Å². The maximum absolute atomic E-state index is 9.11. The van der Waals surface area contributed by atoms with E-state index in [4.69, 9.17) is 14.6 Å².